The fourth-order valence-corrected chi connectivity index (χ4v) is 3.47. The summed E-state index contributed by atoms with van der Waals surface area (Å²) >= 11 is 0. The molecule has 2 rings (SSSR count). The summed E-state index contributed by atoms with van der Waals surface area (Å²) in [5.74, 6) is 0. The van der Waals surface area contributed by atoms with Crippen molar-refractivity contribution in [2.75, 3.05) is 45.8 Å². The van der Waals surface area contributed by atoms with E-state index in [9.17, 15) is 0 Å². The zero-order chi connectivity index (χ0) is 13.3. The summed E-state index contributed by atoms with van der Waals surface area (Å²) in [7, 11) is 0. The Labute approximate surface area is 119 Å². The van der Waals surface area contributed by atoms with Gasteiger partial charge in [0.25, 0.3) is 0 Å². The number of hydrogen-bond acceptors (Lipinski definition) is 3. The molecule has 1 aliphatic heterocycles. The molecule has 0 atom stereocenters. The van der Waals surface area contributed by atoms with Crippen LogP contribution >= 0.6 is 0 Å². The van der Waals surface area contributed by atoms with Crippen LogP contribution < -0.4 is 5.32 Å². The van der Waals surface area contributed by atoms with E-state index < -0.39 is 0 Å². The van der Waals surface area contributed by atoms with E-state index in [0.29, 0.717) is 0 Å². The van der Waals surface area contributed by atoms with Gasteiger partial charge in [-0.2, -0.15) is 0 Å². The molecular weight excluding hydrogens is 234 g/mol. The summed E-state index contributed by atoms with van der Waals surface area (Å²) in [6.07, 6.45) is 9.79. The van der Waals surface area contributed by atoms with E-state index in [1.54, 1.807) is 0 Å². The van der Waals surface area contributed by atoms with Gasteiger partial charge >= 0.3 is 0 Å². The molecule has 0 spiro atoms. The summed E-state index contributed by atoms with van der Waals surface area (Å²) in [5, 5.41) is 3.75. The maximum absolute atomic E-state index is 3.75. The van der Waals surface area contributed by atoms with Crippen molar-refractivity contribution in [3.8, 4) is 0 Å². The van der Waals surface area contributed by atoms with Gasteiger partial charge in [-0.25, -0.2) is 0 Å². The molecule has 112 valence electrons. The Bertz CT molecular complexity index is 218. The highest BCUT2D eigenvalue weighted by Crippen LogP contribution is 2.17. The molecule has 1 heterocycles. The standard InChI is InChI=1S/C16H33N3/c1-2-10-18-12-14-19(15-13-18)11-6-9-17-16-7-4-3-5-8-16/h16-17H,2-15H2,1H3. The minimum atomic E-state index is 0.829. The minimum Gasteiger partial charge on any atom is -0.314 e. The van der Waals surface area contributed by atoms with Gasteiger partial charge in [0.15, 0.2) is 0 Å². The minimum absolute atomic E-state index is 0.829. The van der Waals surface area contributed by atoms with E-state index in [-0.39, 0.29) is 0 Å². The van der Waals surface area contributed by atoms with Crippen molar-refractivity contribution in [2.45, 2.75) is 57.9 Å². The molecule has 1 aliphatic carbocycles. The molecule has 3 heteroatoms. The SMILES string of the molecule is CCCN1CCN(CCCNC2CCCCC2)CC1. The molecular formula is C16H33N3. The first-order valence-corrected chi connectivity index (χ1v) is 8.56. The first-order valence-electron chi connectivity index (χ1n) is 8.56. The monoisotopic (exact) mass is 267 g/mol. The number of rotatable bonds is 7. The van der Waals surface area contributed by atoms with Crippen molar-refractivity contribution >= 4 is 0 Å². The number of nitrogens with one attached hydrogen (secondary N) is 1. The van der Waals surface area contributed by atoms with Crippen molar-refractivity contribution in [1.29, 1.82) is 0 Å². The van der Waals surface area contributed by atoms with Crippen LogP contribution in [0.1, 0.15) is 51.9 Å². The molecule has 0 amide bonds. The summed E-state index contributed by atoms with van der Waals surface area (Å²) in [6.45, 7) is 11.2. The van der Waals surface area contributed by atoms with E-state index in [1.165, 1.54) is 90.8 Å². The van der Waals surface area contributed by atoms with Gasteiger partial charge in [0.05, 0.1) is 0 Å². The van der Waals surface area contributed by atoms with Crippen LogP contribution in [0.3, 0.4) is 0 Å². The van der Waals surface area contributed by atoms with Crippen LogP contribution in [0.25, 0.3) is 0 Å². The predicted octanol–water partition coefficient (Wildman–Crippen LogP) is 2.33. The summed E-state index contributed by atoms with van der Waals surface area (Å²) in [6, 6.07) is 0.829. The third-order valence-electron chi connectivity index (χ3n) is 4.69. The van der Waals surface area contributed by atoms with Crippen molar-refractivity contribution in [3.63, 3.8) is 0 Å². The summed E-state index contributed by atoms with van der Waals surface area (Å²) in [5.41, 5.74) is 0. The Kier molecular flexibility index (Phi) is 7.18. The molecule has 19 heavy (non-hydrogen) atoms. The van der Waals surface area contributed by atoms with Crippen molar-refractivity contribution < 1.29 is 0 Å². The molecule has 0 unspecified atom stereocenters. The second-order valence-corrected chi connectivity index (χ2v) is 6.33. The van der Waals surface area contributed by atoms with Crippen LogP contribution in [0.5, 0.6) is 0 Å². The van der Waals surface area contributed by atoms with E-state index >= 15 is 0 Å². The van der Waals surface area contributed by atoms with Gasteiger partial charge < -0.3 is 15.1 Å². The molecule has 0 bridgehead atoms. The third kappa shape index (κ3) is 5.80. The average molecular weight is 267 g/mol. The maximum atomic E-state index is 3.75. The van der Waals surface area contributed by atoms with E-state index in [2.05, 4.69) is 22.0 Å². The quantitative estimate of drug-likeness (QED) is 0.714. The molecule has 1 saturated carbocycles. The highest BCUT2D eigenvalue weighted by molar-refractivity contribution is 4.74. The van der Waals surface area contributed by atoms with Gasteiger partial charge in [0, 0.05) is 32.2 Å². The summed E-state index contributed by atoms with van der Waals surface area (Å²) < 4.78 is 0. The van der Waals surface area contributed by atoms with Crippen LogP contribution in [-0.2, 0) is 0 Å². The van der Waals surface area contributed by atoms with Gasteiger partial charge in [-0.15, -0.1) is 0 Å². The zero-order valence-corrected chi connectivity index (χ0v) is 12.9. The Morgan fingerprint density at radius 3 is 2.16 bits per heavy atom. The average Bonchev–Trinajstić information content (AvgIpc) is 2.47. The lowest BCUT2D eigenvalue weighted by Crippen LogP contribution is -2.47. The molecule has 3 nitrogen and oxygen atoms in total. The Morgan fingerprint density at radius 2 is 1.53 bits per heavy atom. The molecule has 1 saturated heterocycles. The van der Waals surface area contributed by atoms with Crippen LogP contribution in [0.15, 0.2) is 0 Å². The van der Waals surface area contributed by atoms with Crippen LogP contribution in [0, 0.1) is 0 Å². The second-order valence-electron chi connectivity index (χ2n) is 6.33. The fraction of sp³-hybridized carbons (Fsp3) is 1.00. The molecule has 1 N–H and O–H groups in total. The van der Waals surface area contributed by atoms with Crippen molar-refractivity contribution in [3.05, 3.63) is 0 Å². The highest BCUT2D eigenvalue weighted by Gasteiger charge is 2.16. The van der Waals surface area contributed by atoms with Crippen LogP contribution in [-0.4, -0.2) is 61.7 Å². The topological polar surface area (TPSA) is 18.5 Å². The fourth-order valence-electron chi connectivity index (χ4n) is 3.47. The first kappa shape index (κ1) is 15.3. The largest absolute Gasteiger partial charge is 0.314 e. The van der Waals surface area contributed by atoms with Crippen molar-refractivity contribution in [1.82, 2.24) is 15.1 Å². The van der Waals surface area contributed by atoms with Gasteiger partial charge in [0.2, 0.25) is 0 Å². The van der Waals surface area contributed by atoms with Crippen molar-refractivity contribution in [2.24, 2.45) is 0 Å². The Hall–Kier alpha value is -0.120. The maximum Gasteiger partial charge on any atom is 0.0110 e. The van der Waals surface area contributed by atoms with Crippen LogP contribution in [0.2, 0.25) is 0 Å². The lowest BCUT2D eigenvalue weighted by molar-refractivity contribution is 0.131. The molecule has 0 aromatic carbocycles. The van der Waals surface area contributed by atoms with Gasteiger partial charge in [0.1, 0.15) is 0 Å². The first-order chi connectivity index (χ1) is 9.38. The highest BCUT2D eigenvalue weighted by atomic mass is 15.3. The van der Waals surface area contributed by atoms with E-state index in [0.717, 1.165) is 6.04 Å². The van der Waals surface area contributed by atoms with Crippen LogP contribution in [0.4, 0.5) is 0 Å². The Balaban J connectivity index is 1.47. The second kappa shape index (κ2) is 8.93. The van der Waals surface area contributed by atoms with E-state index in [4.69, 9.17) is 0 Å². The smallest absolute Gasteiger partial charge is 0.0110 e. The van der Waals surface area contributed by atoms with Gasteiger partial charge in [-0.05, 0) is 45.3 Å². The Morgan fingerprint density at radius 1 is 0.895 bits per heavy atom. The number of nitrogens with zero attached hydrogens (tertiary/aromatic N) is 2. The molecule has 2 fully saturated rings. The molecule has 0 radical (unpaired) electrons. The van der Waals surface area contributed by atoms with Gasteiger partial charge in [-0.1, -0.05) is 26.2 Å². The molecule has 0 aromatic rings. The lowest BCUT2D eigenvalue weighted by Gasteiger charge is -2.34. The third-order valence-corrected chi connectivity index (χ3v) is 4.69. The number of piperazine rings is 1. The van der Waals surface area contributed by atoms with Gasteiger partial charge in [-0.3, -0.25) is 0 Å². The lowest BCUT2D eigenvalue weighted by atomic mass is 9.95. The zero-order valence-electron chi connectivity index (χ0n) is 12.9. The molecule has 2 aliphatic rings. The normalized spacial score (nSPS) is 23.8. The van der Waals surface area contributed by atoms with E-state index in [1.807, 2.05) is 0 Å². The number of hydrogen-bond donors (Lipinski definition) is 1. The predicted molar refractivity (Wildman–Crippen MR) is 82.7 cm³/mol. The molecule has 0 aromatic heterocycles. The summed E-state index contributed by atoms with van der Waals surface area (Å²) in [4.78, 5) is 5.26.